The van der Waals surface area contributed by atoms with Crippen LogP contribution < -0.4 is 0 Å². The molecule has 9 heteroatoms. The molecule has 2 amide bonds. The highest BCUT2D eigenvalue weighted by molar-refractivity contribution is 5.94. The first-order valence-corrected chi connectivity index (χ1v) is 9.74. The second kappa shape index (κ2) is 9.13. The van der Waals surface area contributed by atoms with E-state index >= 15 is 0 Å². The molecule has 2 aliphatic heterocycles. The number of nitrogens with zero attached hydrogens (tertiary/aromatic N) is 2. The van der Waals surface area contributed by atoms with Crippen LogP contribution in [-0.2, 0) is 20.4 Å². The predicted molar refractivity (Wildman–Crippen MR) is 98.3 cm³/mol. The number of ether oxygens (including phenoxy) is 2. The molecular weight excluding hydrogens is 389 g/mol. The highest BCUT2D eigenvalue weighted by Gasteiger charge is 2.31. The maximum atomic E-state index is 12.7. The molecule has 2 saturated heterocycles. The summed E-state index contributed by atoms with van der Waals surface area (Å²) in [5.74, 6) is -0.474. The quantitative estimate of drug-likeness (QED) is 0.743. The zero-order valence-corrected chi connectivity index (χ0v) is 16.3. The fraction of sp³-hybridized carbons (Fsp3) is 0.600. The molecule has 1 aromatic carbocycles. The van der Waals surface area contributed by atoms with Crippen molar-refractivity contribution in [3.8, 4) is 0 Å². The maximum Gasteiger partial charge on any atom is 0.416 e. The molecule has 0 spiro atoms. The first-order chi connectivity index (χ1) is 13.8. The lowest BCUT2D eigenvalue weighted by Gasteiger charge is -2.36. The van der Waals surface area contributed by atoms with Gasteiger partial charge in [-0.25, -0.2) is 0 Å². The zero-order chi connectivity index (χ0) is 21.0. The van der Waals surface area contributed by atoms with E-state index in [1.165, 1.54) is 12.1 Å². The van der Waals surface area contributed by atoms with Crippen LogP contribution in [0.25, 0.3) is 0 Å². The Morgan fingerprint density at radius 2 is 1.76 bits per heavy atom. The number of benzene rings is 1. The summed E-state index contributed by atoms with van der Waals surface area (Å²) in [7, 11) is 0. The Morgan fingerprint density at radius 1 is 1.14 bits per heavy atom. The van der Waals surface area contributed by atoms with Crippen LogP contribution in [-0.4, -0.2) is 73.2 Å². The minimum Gasteiger partial charge on any atom is -0.376 e. The highest BCUT2D eigenvalue weighted by atomic mass is 19.4. The Morgan fingerprint density at radius 3 is 2.31 bits per heavy atom. The third kappa shape index (κ3) is 5.48. The first kappa shape index (κ1) is 21.6. The van der Waals surface area contributed by atoms with Crippen LogP contribution in [0.3, 0.4) is 0 Å². The Balaban J connectivity index is 1.47. The minimum atomic E-state index is -4.43. The van der Waals surface area contributed by atoms with Gasteiger partial charge in [-0.15, -0.1) is 0 Å². The van der Waals surface area contributed by atoms with Gasteiger partial charge in [-0.1, -0.05) is 0 Å². The third-order valence-corrected chi connectivity index (χ3v) is 5.24. The first-order valence-electron chi connectivity index (χ1n) is 9.74. The van der Waals surface area contributed by atoms with Gasteiger partial charge in [0.2, 0.25) is 0 Å². The number of carbonyl (C=O) groups is 2. The molecule has 2 heterocycles. The van der Waals surface area contributed by atoms with Crippen molar-refractivity contribution in [1.29, 1.82) is 0 Å². The summed E-state index contributed by atoms with van der Waals surface area (Å²) in [4.78, 5) is 28.2. The zero-order valence-electron chi connectivity index (χ0n) is 16.3. The number of amides is 2. The van der Waals surface area contributed by atoms with Gasteiger partial charge in [0.25, 0.3) is 11.8 Å². The van der Waals surface area contributed by atoms with Crippen LogP contribution in [0.5, 0.6) is 0 Å². The van der Waals surface area contributed by atoms with Crippen LogP contribution in [0.1, 0.15) is 35.7 Å². The molecule has 0 radical (unpaired) electrons. The minimum absolute atomic E-state index is 0.0449. The molecule has 2 unspecified atom stereocenters. The maximum absolute atomic E-state index is 12.7. The standard InChI is InChI=1S/C20H25F3N2O4/c1-14(29-13-17-3-2-12-28-17)18(26)24-8-10-25(11-9-24)19(27)15-4-6-16(7-5-15)20(21,22)23/h4-7,14,17H,2-3,8-13H2,1H3. The molecule has 0 bridgehead atoms. The number of halogens is 3. The molecule has 6 nitrogen and oxygen atoms in total. The summed E-state index contributed by atoms with van der Waals surface area (Å²) in [5, 5.41) is 0. The normalized spacial score (nSPS) is 21.3. The van der Waals surface area contributed by atoms with E-state index < -0.39 is 17.8 Å². The molecule has 3 rings (SSSR count). The van der Waals surface area contributed by atoms with Crippen LogP contribution >= 0.6 is 0 Å². The van der Waals surface area contributed by atoms with E-state index in [-0.39, 0.29) is 23.5 Å². The van der Waals surface area contributed by atoms with Crippen LogP contribution in [0.15, 0.2) is 24.3 Å². The Labute approximate surface area is 167 Å². The summed E-state index contributed by atoms with van der Waals surface area (Å²) in [5.41, 5.74) is -0.590. The van der Waals surface area contributed by atoms with Gasteiger partial charge in [-0.05, 0) is 44.0 Å². The Hall–Kier alpha value is -2.13. The van der Waals surface area contributed by atoms with Crippen molar-refractivity contribution < 1.29 is 32.2 Å². The van der Waals surface area contributed by atoms with E-state index in [9.17, 15) is 22.8 Å². The molecular formula is C20H25F3N2O4. The lowest BCUT2D eigenvalue weighted by Crippen LogP contribution is -2.53. The van der Waals surface area contributed by atoms with Crippen molar-refractivity contribution in [2.45, 2.75) is 38.1 Å². The molecule has 0 N–H and O–H groups in total. The average molecular weight is 414 g/mol. The van der Waals surface area contributed by atoms with Gasteiger partial charge >= 0.3 is 6.18 Å². The molecule has 1 aromatic rings. The van der Waals surface area contributed by atoms with Gasteiger partial charge in [0.1, 0.15) is 6.10 Å². The Bertz CT molecular complexity index is 709. The van der Waals surface area contributed by atoms with Crippen molar-refractivity contribution in [1.82, 2.24) is 9.80 Å². The number of alkyl halides is 3. The number of piperazine rings is 1. The summed E-state index contributed by atoms with van der Waals surface area (Å²) in [6, 6.07) is 4.17. The van der Waals surface area contributed by atoms with Crippen molar-refractivity contribution in [2.75, 3.05) is 39.4 Å². The molecule has 0 saturated carbocycles. The van der Waals surface area contributed by atoms with Crippen molar-refractivity contribution >= 4 is 11.8 Å². The van der Waals surface area contributed by atoms with Crippen molar-refractivity contribution in [2.24, 2.45) is 0 Å². The van der Waals surface area contributed by atoms with Gasteiger partial charge in [0.15, 0.2) is 0 Å². The summed E-state index contributed by atoms with van der Waals surface area (Å²) in [6.07, 6.45) is -3.03. The van der Waals surface area contributed by atoms with Gasteiger partial charge < -0.3 is 19.3 Å². The molecule has 29 heavy (non-hydrogen) atoms. The SMILES string of the molecule is CC(OCC1CCCO1)C(=O)N1CCN(C(=O)c2ccc(C(F)(F)F)cc2)CC1. The number of carbonyl (C=O) groups excluding carboxylic acids is 2. The number of hydrogen-bond donors (Lipinski definition) is 0. The van der Waals surface area contributed by atoms with Gasteiger partial charge in [-0.3, -0.25) is 9.59 Å². The highest BCUT2D eigenvalue weighted by Crippen LogP contribution is 2.29. The van der Waals surface area contributed by atoms with E-state index in [2.05, 4.69) is 0 Å². The second-order valence-corrected chi connectivity index (χ2v) is 7.30. The second-order valence-electron chi connectivity index (χ2n) is 7.30. The van der Waals surface area contributed by atoms with Crippen LogP contribution in [0, 0.1) is 0 Å². The largest absolute Gasteiger partial charge is 0.416 e. The molecule has 2 fully saturated rings. The van der Waals surface area contributed by atoms with Crippen molar-refractivity contribution in [3.05, 3.63) is 35.4 Å². The van der Waals surface area contributed by atoms with Gasteiger partial charge in [-0.2, -0.15) is 13.2 Å². The average Bonchev–Trinajstić information content (AvgIpc) is 3.24. The van der Waals surface area contributed by atoms with Gasteiger partial charge in [0.05, 0.1) is 18.3 Å². The molecule has 0 aromatic heterocycles. The molecule has 2 aliphatic rings. The topological polar surface area (TPSA) is 59.1 Å². The smallest absolute Gasteiger partial charge is 0.376 e. The summed E-state index contributed by atoms with van der Waals surface area (Å²) >= 11 is 0. The summed E-state index contributed by atoms with van der Waals surface area (Å²) < 4.78 is 49.1. The van der Waals surface area contributed by atoms with E-state index in [4.69, 9.17) is 9.47 Å². The van der Waals surface area contributed by atoms with E-state index in [0.29, 0.717) is 32.8 Å². The predicted octanol–water partition coefficient (Wildman–Crippen LogP) is 2.57. The van der Waals surface area contributed by atoms with E-state index in [1.807, 2.05) is 0 Å². The lowest BCUT2D eigenvalue weighted by atomic mass is 10.1. The molecule has 2 atom stereocenters. The van der Waals surface area contributed by atoms with Crippen LogP contribution in [0.4, 0.5) is 13.2 Å². The lowest BCUT2D eigenvalue weighted by molar-refractivity contribution is -0.146. The number of rotatable bonds is 5. The van der Waals surface area contributed by atoms with Gasteiger partial charge in [0, 0.05) is 38.3 Å². The van der Waals surface area contributed by atoms with Crippen molar-refractivity contribution in [3.63, 3.8) is 0 Å². The fourth-order valence-electron chi connectivity index (χ4n) is 3.47. The van der Waals surface area contributed by atoms with E-state index in [1.54, 1.807) is 16.7 Å². The monoisotopic (exact) mass is 414 g/mol. The number of hydrogen-bond acceptors (Lipinski definition) is 4. The Kier molecular flexibility index (Phi) is 6.79. The molecule has 160 valence electrons. The molecule has 0 aliphatic carbocycles. The summed E-state index contributed by atoms with van der Waals surface area (Å²) in [6.45, 7) is 4.19. The third-order valence-electron chi connectivity index (χ3n) is 5.24. The van der Waals surface area contributed by atoms with E-state index in [0.717, 1.165) is 31.6 Å². The van der Waals surface area contributed by atoms with Crippen LogP contribution in [0.2, 0.25) is 0 Å². The fourth-order valence-corrected chi connectivity index (χ4v) is 3.47.